The van der Waals surface area contributed by atoms with Crippen LogP contribution in [-0.4, -0.2) is 83.3 Å². The van der Waals surface area contributed by atoms with Gasteiger partial charge in [-0.3, -0.25) is 33.6 Å². The Labute approximate surface area is 338 Å². The summed E-state index contributed by atoms with van der Waals surface area (Å²) in [5.74, 6) is -8.54. The average molecular weight is 811 g/mol. The van der Waals surface area contributed by atoms with Crippen molar-refractivity contribution in [1.29, 1.82) is 0 Å². The zero-order chi connectivity index (χ0) is 42.7. The van der Waals surface area contributed by atoms with Gasteiger partial charge >= 0.3 is 0 Å². The maximum absolute atomic E-state index is 14.7. The quantitative estimate of drug-likeness (QED) is 0.163. The fraction of sp³-hybridized carbons (Fsp3) is 0.558. The smallest absolute Gasteiger partial charge is 0.257 e. The van der Waals surface area contributed by atoms with Crippen LogP contribution < -0.4 is 21.1 Å². The Kier molecular flexibility index (Phi) is 16.2. The summed E-state index contributed by atoms with van der Waals surface area (Å²) in [6.45, 7) is 7.27. The lowest BCUT2D eigenvalue weighted by Gasteiger charge is -2.35. The van der Waals surface area contributed by atoms with E-state index in [0.717, 1.165) is 37.5 Å². The number of ketones is 3. The van der Waals surface area contributed by atoms with Crippen molar-refractivity contribution in [2.75, 3.05) is 13.7 Å². The van der Waals surface area contributed by atoms with Crippen molar-refractivity contribution in [2.45, 2.75) is 128 Å². The van der Waals surface area contributed by atoms with E-state index in [9.17, 15) is 42.3 Å². The van der Waals surface area contributed by atoms with Crippen LogP contribution in [0.4, 0.5) is 8.78 Å². The Balaban J connectivity index is 1.51. The molecule has 0 radical (unpaired) electrons. The third-order valence-corrected chi connectivity index (χ3v) is 10.6. The fourth-order valence-corrected chi connectivity index (χ4v) is 7.89. The summed E-state index contributed by atoms with van der Waals surface area (Å²) in [5.41, 5.74) is 4.44. The number of carbonyl (C=O) groups excluding carboxylic acids is 7. The second-order valence-corrected chi connectivity index (χ2v) is 16.2. The molecule has 0 spiro atoms. The van der Waals surface area contributed by atoms with E-state index < -0.39 is 107 Å². The molecule has 316 valence electrons. The molecule has 2 fully saturated rings. The van der Waals surface area contributed by atoms with Crippen molar-refractivity contribution in [2.24, 2.45) is 17.6 Å². The lowest BCUT2D eigenvalue weighted by molar-refractivity contribution is -0.143. The van der Waals surface area contributed by atoms with Gasteiger partial charge in [0.1, 0.15) is 35.0 Å². The van der Waals surface area contributed by atoms with Gasteiger partial charge in [-0.2, -0.15) is 0 Å². The number of hydrogen-bond donors (Lipinski definition) is 3. The van der Waals surface area contributed by atoms with Crippen LogP contribution in [0.15, 0.2) is 42.5 Å². The summed E-state index contributed by atoms with van der Waals surface area (Å²) in [7, 11) is 1.44. The van der Waals surface area contributed by atoms with Crippen LogP contribution in [0.3, 0.4) is 0 Å². The van der Waals surface area contributed by atoms with Gasteiger partial charge < -0.3 is 30.7 Å². The molecule has 2 unspecified atom stereocenters. The van der Waals surface area contributed by atoms with Crippen molar-refractivity contribution >= 4 is 41.0 Å². The molecule has 4 rings (SSSR count). The number of amides is 4. The molecule has 4 N–H and O–H groups in total. The zero-order valence-corrected chi connectivity index (χ0v) is 33.9. The Hall–Kier alpha value is -5.05. The first-order valence-electron chi connectivity index (χ1n) is 20.0. The number of halogens is 2. The van der Waals surface area contributed by atoms with Gasteiger partial charge in [0, 0.05) is 38.1 Å². The third kappa shape index (κ3) is 12.2. The number of methoxy groups -OCH3 is 1. The Morgan fingerprint density at radius 2 is 1.59 bits per heavy atom. The van der Waals surface area contributed by atoms with Crippen LogP contribution in [0.25, 0.3) is 0 Å². The largest absolute Gasteiger partial charge is 0.497 e. The summed E-state index contributed by atoms with van der Waals surface area (Å²) >= 11 is 0. The summed E-state index contributed by atoms with van der Waals surface area (Å²) in [5, 5.41) is 5.11. The average Bonchev–Trinajstić information content (AvgIpc) is 3.60. The lowest BCUT2D eigenvalue weighted by atomic mass is 9.82. The molecule has 1 saturated heterocycles. The number of nitrogens with zero attached hydrogens (tertiary/aromatic N) is 1. The SMILES string of the molecule is CCCC(CC(=O)[C@@H]1C[C@@H](OC(C)(C)C)CN1C(=O)[C@@H](NC(=O)c1c(F)cccc1F)C1CCCCC1)C(=O)C(=O)CCC(=O)NC(C(N)=O)c1cccc(OC)c1. The molecule has 2 aromatic rings. The number of nitrogens with one attached hydrogen (secondary N) is 2. The minimum absolute atomic E-state index is 0.0118. The van der Waals surface area contributed by atoms with E-state index in [1.165, 1.54) is 18.1 Å². The van der Waals surface area contributed by atoms with E-state index in [0.29, 0.717) is 30.6 Å². The van der Waals surface area contributed by atoms with E-state index in [4.69, 9.17) is 15.2 Å². The molecule has 0 bridgehead atoms. The normalized spacial score (nSPS) is 18.8. The van der Waals surface area contributed by atoms with Crippen molar-refractivity contribution in [3.63, 3.8) is 0 Å². The number of ether oxygens (including phenoxy) is 2. The van der Waals surface area contributed by atoms with E-state index in [-0.39, 0.29) is 31.7 Å². The maximum Gasteiger partial charge on any atom is 0.257 e. The standard InChI is InChI=1S/C43H56F2N4O9/c1-6-12-27(39(53)33(50)19-20-35(52)47-37(40(46)54)26-15-10-16-28(21-26)57-5)22-34(51)32-23-29(58-43(2,3)4)24-49(32)42(56)38(25-13-8-7-9-14-25)48-41(55)36-30(44)17-11-18-31(36)45/h10-11,15-18,21,25,27,29,32,37-38H,6-9,12-14,19-20,22-24H2,1-5H3,(H2,46,54)(H,47,52)(H,48,55)/t27?,29-,32+,37?,38+/m1/s1. The van der Waals surface area contributed by atoms with E-state index >= 15 is 0 Å². The molecule has 1 heterocycles. The summed E-state index contributed by atoms with van der Waals surface area (Å²) in [4.78, 5) is 95.4. The molecule has 5 atom stereocenters. The van der Waals surface area contributed by atoms with Crippen LogP contribution >= 0.6 is 0 Å². The van der Waals surface area contributed by atoms with Crippen molar-refractivity contribution in [1.82, 2.24) is 15.5 Å². The summed E-state index contributed by atoms with van der Waals surface area (Å²) in [6, 6.07) is 5.93. The number of benzene rings is 2. The first kappa shape index (κ1) is 45.6. The molecule has 4 amide bonds. The number of rotatable bonds is 19. The number of Topliss-reactive ketones (excluding diaryl/α,β-unsaturated/α-hetero) is 3. The molecule has 15 heteroatoms. The molecular formula is C43H56F2N4O9. The summed E-state index contributed by atoms with van der Waals surface area (Å²) in [6.07, 6.45) is 2.47. The second-order valence-electron chi connectivity index (χ2n) is 16.2. The minimum atomic E-state index is -1.21. The monoisotopic (exact) mass is 810 g/mol. The van der Waals surface area contributed by atoms with Gasteiger partial charge in [0.2, 0.25) is 23.5 Å². The molecule has 13 nitrogen and oxygen atoms in total. The van der Waals surface area contributed by atoms with E-state index in [1.807, 2.05) is 20.8 Å². The third-order valence-electron chi connectivity index (χ3n) is 10.6. The highest BCUT2D eigenvalue weighted by atomic mass is 19.1. The van der Waals surface area contributed by atoms with Gasteiger partial charge in [0.15, 0.2) is 11.6 Å². The van der Waals surface area contributed by atoms with Crippen LogP contribution in [0.2, 0.25) is 0 Å². The molecule has 2 aromatic carbocycles. The van der Waals surface area contributed by atoms with Gasteiger partial charge in [-0.05, 0) is 75.8 Å². The lowest BCUT2D eigenvalue weighted by Crippen LogP contribution is -2.55. The Morgan fingerprint density at radius 3 is 2.19 bits per heavy atom. The van der Waals surface area contributed by atoms with Gasteiger partial charge in [-0.15, -0.1) is 0 Å². The molecule has 58 heavy (non-hydrogen) atoms. The van der Waals surface area contributed by atoms with Gasteiger partial charge in [-0.1, -0.05) is 50.8 Å². The van der Waals surface area contributed by atoms with Crippen LogP contribution in [-0.2, 0) is 33.5 Å². The minimum Gasteiger partial charge on any atom is -0.497 e. The molecule has 1 saturated carbocycles. The topological polar surface area (TPSA) is 191 Å². The summed E-state index contributed by atoms with van der Waals surface area (Å²) < 4.78 is 40.8. The number of carbonyl (C=O) groups is 7. The van der Waals surface area contributed by atoms with Crippen molar-refractivity contribution in [3.05, 3.63) is 65.2 Å². The van der Waals surface area contributed by atoms with Crippen LogP contribution in [0.1, 0.15) is 120 Å². The van der Waals surface area contributed by atoms with Gasteiger partial charge in [0.25, 0.3) is 5.91 Å². The van der Waals surface area contributed by atoms with Crippen LogP contribution in [0.5, 0.6) is 5.75 Å². The van der Waals surface area contributed by atoms with Gasteiger partial charge in [-0.25, -0.2) is 8.78 Å². The number of likely N-dealkylation sites (tertiary alicyclic amines) is 1. The first-order chi connectivity index (χ1) is 27.4. The first-order valence-corrected chi connectivity index (χ1v) is 20.0. The molecular weight excluding hydrogens is 754 g/mol. The number of primary amides is 1. The second kappa shape index (κ2) is 20.6. The molecule has 1 aliphatic heterocycles. The van der Waals surface area contributed by atoms with Gasteiger partial charge in [0.05, 0.1) is 24.9 Å². The number of nitrogens with two attached hydrogens (primary N) is 1. The highest BCUT2D eigenvalue weighted by Crippen LogP contribution is 2.33. The highest BCUT2D eigenvalue weighted by molar-refractivity contribution is 6.38. The number of hydrogen-bond acceptors (Lipinski definition) is 9. The predicted octanol–water partition coefficient (Wildman–Crippen LogP) is 5.07. The van der Waals surface area contributed by atoms with Crippen LogP contribution in [0, 0.1) is 23.5 Å². The van der Waals surface area contributed by atoms with E-state index in [2.05, 4.69) is 10.6 Å². The highest BCUT2D eigenvalue weighted by Gasteiger charge is 2.46. The van der Waals surface area contributed by atoms with Crippen molar-refractivity contribution < 1.29 is 51.8 Å². The molecule has 1 aliphatic carbocycles. The predicted molar refractivity (Wildman–Crippen MR) is 209 cm³/mol. The maximum atomic E-state index is 14.7. The fourth-order valence-electron chi connectivity index (χ4n) is 7.89. The van der Waals surface area contributed by atoms with E-state index in [1.54, 1.807) is 25.1 Å². The molecule has 0 aromatic heterocycles. The zero-order valence-electron chi connectivity index (χ0n) is 33.9. The molecule has 2 aliphatic rings. The Bertz CT molecular complexity index is 1820. The van der Waals surface area contributed by atoms with Crippen molar-refractivity contribution in [3.8, 4) is 5.75 Å². The Morgan fingerprint density at radius 1 is 0.931 bits per heavy atom.